The molecule has 1 aromatic heterocycles. The van der Waals surface area contributed by atoms with Crippen LogP contribution in [0.2, 0.25) is 0 Å². The maximum absolute atomic E-state index is 12.5. The Morgan fingerprint density at radius 1 is 0.906 bits per heavy atom. The van der Waals surface area contributed by atoms with E-state index in [1.165, 1.54) is 11.3 Å². The molecule has 3 aromatic carbocycles. The molecule has 4 rings (SSSR count). The summed E-state index contributed by atoms with van der Waals surface area (Å²) in [5, 5.41) is 5.36. The molecule has 0 bridgehead atoms. The molecular weight excluding hydrogens is 424 g/mol. The highest BCUT2D eigenvalue weighted by Gasteiger charge is 2.12. The molecule has 1 amide bonds. The average molecular weight is 447 g/mol. The molecule has 0 aliphatic rings. The minimum absolute atomic E-state index is 0.254. The minimum Gasteiger partial charge on any atom is -0.497 e. The van der Waals surface area contributed by atoms with Gasteiger partial charge in [0.2, 0.25) is 0 Å². The van der Waals surface area contributed by atoms with Gasteiger partial charge in [0.1, 0.15) is 34.6 Å². The molecular formula is C25H22N2O4S. The van der Waals surface area contributed by atoms with E-state index in [1.807, 2.05) is 48.5 Å². The summed E-state index contributed by atoms with van der Waals surface area (Å²) in [5.74, 6) is 2.04. The summed E-state index contributed by atoms with van der Waals surface area (Å²) in [7, 11) is 3.25. The molecule has 0 spiro atoms. The molecule has 0 saturated heterocycles. The first-order valence-corrected chi connectivity index (χ1v) is 10.8. The Hall–Kier alpha value is -3.84. The van der Waals surface area contributed by atoms with Gasteiger partial charge in [-0.2, -0.15) is 0 Å². The van der Waals surface area contributed by atoms with Gasteiger partial charge >= 0.3 is 0 Å². The van der Waals surface area contributed by atoms with Crippen LogP contribution in [0.1, 0.15) is 16.1 Å². The predicted octanol–water partition coefficient (Wildman–Crippen LogP) is 5.66. The fourth-order valence-corrected chi connectivity index (χ4v) is 3.81. The van der Waals surface area contributed by atoms with Crippen LogP contribution in [0, 0.1) is 0 Å². The van der Waals surface area contributed by atoms with Gasteiger partial charge in [0.05, 0.1) is 14.2 Å². The second-order valence-electron chi connectivity index (χ2n) is 6.89. The van der Waals surface area contributed by atoms with Crippen LogP contribution >= 0.6 is 11.3 Å². The summed E-state index contributed by atoms with van der Waals surface area (Å²) in [6.45, 7) is 0.448. The largest absolute Gasteiger partial charge is 0.497 e. The van der Waals surface area contributed by atoms with Crippen molar-refractivity contribution in [3.63, 3.8) is 0 Å². The van der Waals surface area contributed by atoms with E-state index in [0.717, 1.165) is 33.4 Å². The number of nitrogens with one attached hydrogen (secondary N) is 1. The lowest BCUT2D eigenvalue weighted by atomic mass is 10.2. The molecule has 0 aliphatic heterocycles. The van der Waals surface area contributed by atoms with E-state index in [-0.39, 0.29) is 5.91 Å². The molecule has 0 atom stereocenters. The Morgan fingerprint density at radius 3 is 2.34 bits per heavy atom. The second-order valence-corrected chi connectivity index (χ2v) is 7.74. The number of hydrogen-bond acceptors (Lipinski definition) is 6. The Morgan fingerprint density at radius 2 is 1.62 bits per heavy atom. The SMILES string of the molecule is COc1ccc(NC(=O)c2csc(-c3ccc(OCc4cccc(OC)c4)cc3)n2)cc1. The monoisotopic (exact) mass is 446 g/mol. The Labute approximate surface area is 190 Å². The van der Waals surface area contributed by atoms with Crippen molar-refractivity contribution in [2.75, 3.05) is 19.5 Å². The first-order valence-electron chi connectivity index (χ1n) is 9.92. The summed E-state index contributed by atoms with van der Waals surface area (Å²) in [6.07, 6.45) is 0. The molecule has 1 N–H and O–H groups in total. The van der Waals surface area contributed by atoms with Gasteiger partial charge in [0.25, 0.3) is 5.91 Å². The summed E-state index contributed by atoms with van der Waals surface area (Å²) in [5.41, 5.74) is 3.01. The Balaban J connectivity index is 1.37. The first kappa shape index (κ1) is 21.4. The highest BCUT2D eigenvalue weighted by atomic mass is 32.1. The lowest BCUT2D eigenvalue weighted by Crippen LogP contribution is -2.12. The van der Waals surface area contributed by atoms with Crippen molar-refractivity contribution < 1.29 is 19.0 Å². The number of nitrogens with zero attached hydrogens (tertiary/aromatic N) is 1. The zero-order valence-electron chi connectivity index (χ0n) is 17.7. The van der Waals surface area contributed by atoms with Crippen molar-refractivity contribution in [2.24, 2.45) is 0 Å². The van der Waals surface area contributed by atoms with Crippen LogP contribution in [0.4, 0.5) is 5.69 Å². The summed E-state index contributed by atoms with van der Waals surface area (Å²) >= 11 is 1.42. The number of amides is 1. The number of rotatable bonds is 8. The van der Waals surface area contributed by atoms with Crippen molar-refractivity contribution in [1.82, 2.24) is 4.98 Å². The molecule has 0 fully saturated rings. The van der Waals surface area contributed by atoms with Crippen LogP contribution in [-0.4, -0.2) is 25.1 Å². The number of anilines is 1. The summed E-state index contributed by atoms with van der Waals surface area (Å²) in [6, 6.07) is 22.6. The maximum atomic E-state index is 12.5. The zero-order valence-corrected chi connectivity index (χ0v) is 18.5. The molecule has 1 heterocycles. The van der Waals surface area contributed by atoms with Crippen LogP contribution < -0.4 is 19.5 Å². The van der Waals surface area contributed by atoms with E-state index < -0.39 is 0 Å². The van der Waals surface area contributed by atoms with Gasteiger partial charge in [-0.15, -0.1) is 11.3 Å². The van der Waals surface area contributed by atoms with Gasteiger partial charge in [-0.25, -0.2) is 4.98 Å². The Kier molecular flexibility index (Phi) is 6.67. The average Bonchev–Trinajstić information content (AvgIpc) is 3.34. The van der Waals surface area contributed by atoms with Crippen LogP contribution in [0.3, 0.4) is 0 Å². The third-order valence-corrected chi connectivity index (χ3v) is 5.62. The molecule has 7 heteroatoms. The number of carbonyl (C=O) groups is 1. The van der Waals surface area contributed by atoms with Gasteiger partial charge in [0, 0.05) is 16.6 Å². The maximum Gasteiger partial charge on any atom is 0.275 e. The normalized spacial score (nSPS) is 10.4. The molecule has 0 saturated carbocycles. The predicted molar refractivity (Wildman–Crippen MR) is 126 cm³/mol. The summed E-state index contributed by atoms with van der Waals surface area (Å²) in [4.78, 5) is 17.0. The van der Waals surface area contributed by atoms with Crippen molar-refractivity contribution in [2.45, 2.75) is 6.61 Å². The molecule has 32 heavy (non-hydrogen) atoms. The molecule has 0 unspecified atom stereocenters. The fraction of sp³-hybridized carbons (Fsp3) is 0.120. The molecule has 0 radical (unpaired) electrons. The van der Waals surface area contributed by atoms with Crippen LogP contribution in [0.25, 0.3) is 10.6 Å². The molecule has 4 aromatic rings. The quantitative estimate of drug-likeness (QED) is 0.378. The van der Waals surface area contributed by atoms with E-state index >= 15 is 0 Å². The van der Waals surface area contributed by atoms with Crippen LogP contribution in [-0.2, 0) is 6.61 Å². The fourth-order valence-electron chi connectivity index (χ4n) is 3.00. The highest BCUT2D eigenvalue weighted by molar-refractivity contribution is 7.13. The molecule has 6 nitrogen and oxygen atoms in total. The van der Waals surface area contributed by atoms with Crippen molar-refractivity contribution in [3.8, 4) is 27.8 Å². The minimum atomic E-state index is -0.254. The van der Waals surface area contributed by atoms with Gasteiger partial charge < -0.3 is 19.5 Å². The molecule has 0 aliphatic carbocycles. The van der Waals surface area contributed by atoms with Gasteiger partial charge in [-0.05, 0) is 66.2 Å². The lowest BCUT2D eigenvalue weighted by molar-refractivity contribution is 0.102. The van der Waals surface area contributed by atoms with Gasteiger partial charge in [-0.1, -0.05) is 12.1 Å². The van der Waals surface area contributed by atoms with Gasteiger partial charge in [-0.3, -0.25) is 4.79 Å². The van der Waals surface area contributed by atoms with E-state index in [2.05, 4.69) is 10.3 Å². The van der Waals surface area contributed by atoms with E-state index in [4.69, 9.17) is 14.2 Å². The number of aromatic nitrogens is 1. The smallest absolute Gasteiger partial charge is 0.275 e. The number of hydrogen-bond donors (Lipinski definition) is 1. The number of benzene rings is 3. The van der Waals surface area contributed by atoms with Crippen LogP contribution in [0.5, 0.6) is 17.2 Å². The number of thiazole rings is 1. The summed E-state index contributed by atoms with van der Waals surface area (Å²) < 4.78 is 16.2. The van der Waals surface area contributed by atoms with E-state index in [1.54, 1.807) is 43.9 Å². The lowest BCUT2D eigenvalue weighted by Gasteiger charge is -2.08. The van der Waals surface area contributed by atoms with E-state index in [0.29, 0.717) is 18.0 Å². The van der Waals surface area contributed by atoms with Gasteiger partial charge in [0.15, 0.2) is 0 Å². The Bertz CT molecular complexity index is 1190. The standard InChI is InChI=1S/C25H22N2O4S/c1-29-20-12-8-19(9-13-20)26-24(28)23-16-32-25(27-23)18-6-10-21(11-7-18)31-15-17-4-3-5-22(14-17)30-2/h3-14,16H,15H2,1-2H3,(H,26,28). The van der Waals surface area contributed by atoms with Crippen molar-refractivity contribution in [3.05, 3.63) is 89.4 Å². The number of methoxy groups -OCH3 is 2. The third-order valence-electron chi connectivity index (χ3n) is 4.73. The molecule has 162 valence electrons. The van der Waals surface area contributed by atoms with Crippen LogP contribution in [0.15, 0.2) is 78.2 Å². The zero-order chi connectivity index (χ0) is 22.3. The van der Waals surface area contributed by atoms with Crippen molar-refractivity contribution in [1.29, 1.82) is 0 Å². The second kappa shape index (κ2) is 9.98. The number of carbonyl (C=O) groups excluding carboxylic acids is 1. The topological polar surface area (TPSA) is 69.7 Å². The number of ether oxygens (including phenoxy) is 3. The third kappa shape index (κ3) is 5.25. The first-order chi connectivity index (χ1) is 15.6. The van der Waals surface area contributed by atoms with Crippen molar-refractivity contribution >= 4 is 22.9 Å². The van der Waals surface area contributed by atoms with E-state index in [9.17, 15) is 4.79 Å². The highest BCUT2D eigenvalue weighted by Crippen LogP contribution is 2.27.